The second kappa shape index (κ2) is 29.9. The van der Waals surface area contributed by atoms with Gasteiger partial charge in [-0.15, -0.1) is 11.3 Å². The smallest absolute Gasteiger partial charge is 0.136 e. The van der Waals surface area contributed by atoms with Crippen LogP contribution in [0.1, 0.15) is 74.9 Å². The molecule has 0 fully saturated rings. The first-order valence-corrected chi connectivity index (χ1v) is 43.4. The summed E-state index contributed by atoms with van der Waals surface area (Å²) in [5, 5.41) is 18.7. The second-order valence-corrected chi connectivity index (χ2v) is 35.4. The maximum Gasteiger partial charge on any atom is 0.136 e. The largest absolute Gasteiger partial charge is 0.456 e. The molecule has 5 nitrogen and oxygen atoms in total. The van der Waals surface area contributed by atoms with E-state index in [-0.39, 0.29) is 16.2 Å². The first kappa shape index (κ1) is 74.5. The maximum atomic E-state index is 6.30. The van der Waals surface area contributed by atoms with E-state index in [4.69, 9.17) is 8.83 Å². The average molecular weight is 1600 g/mol. The van der Waals surface area contributed by atoms with Gasteiger partial charge >= 0.3 is 0 Å². The predicted molar refractivity (Wildman–Crippen MR) is 521 cm³/mol. The van der Waals surface area contributed by atoms with Crippen molar-refractivity contribution in [2.24, 2.45) is 0 Å². The second-order valence-electron chi connectivity index (χ2n) is 34.3. The Morgan fingerprint density at radius 2 is 0.545 bits per heavy atom. The summed E-state index contributed by atoms with van der Waals surface area (Å²) in [6.45, 7) is 14.0. The van der Waals surface area contributed by atoms with E-state index in [0.717, 1.165) is 83.6 Å². The predicted octanol–water partition coefficient (Wildman–Crippen LogP) is 33.4. The van der Waals surface area contributed by atoms with Gasteiger partial charge in [0.1, 0.15) is 22.3 Å². The van der Waals surface area contributed by atoms with Gasteiger partial charge in [0.2, 0.25) is 0 Å². The van der Waals surface area contributed by atoms with Gasteiger partial charge in [-0.1, -0.05) is 345 Å². The number of hydrogen-bond donors (Lipinski definition) is 3. The van der Waals surface area contributed by atoms with Crippen LogP contribution in [0.15, 0.2) is 409 Å². The van der Waals surface area contributed by atoms with Gasteiger partial charge in [0.15, 0.2) is 0 Å². The molecule has 0 saturated carbocycles. The lowest BCUT2D eigenvalue weighted by Gasteiger charge is -2.23. The molecule has 0 amide bonds. The first-order chi connectivity index (χ1) is 60.3. The normalized spacial score (nSPS) is 13.3. The summed E-state index contributed by atoms with van der Waals surface area (Å²) < 4.78 is 15.2. The fourth-order valence-electron chi connectivity index (χ4n) is 20.1. The molecule has 6 heteroatoms. The van der Waals surface area contributed by atoms with E-state index in [1.165, 1.54) is 148 Å². The van der Waals surface area contributed by atoms with Gasteiger partial charge < -0.3 is 24.8 Å². The maximum absolute atomic E-state index is 6.30. The zero-order valence-electron chi connectivity index (χ0n) is 69.3. The van der Waals surface area contributed by atoms with Crippen LogP contribution in [0.3, 0.4) is 0 Å². The number of hydrogen-bond acceptors (Lipinski definition) is 6. The van der Waals surface area contributed by atoms with Gasteiger partial charge in [0, 0.05) is 103 Å². The van der Waals surface area contributed by atoms with E-state index >= 15 is 0 Å². The molecule has 0 radical (unpaired) electrons. The molecule has 3 heterocycles. The molecule has 0 atom stereocenters. The van der Waals surface area contributed by atoms with Crippen LogP contribution >= 0.6 is 11.3 Å². The number of fused-ring (bicyclic) bond motifs is 18. The molecule has 0 bridgehead atoms. The molecule has 3 aliphatic carbocycles. The van der Waals surface area contributed by atoms with Gasteiger partial charge in [-0.3, -0.25) is 0 Å². The summed E-state index contributed by atoms with van der Waals surface area (Å²) in [5.74, 6) is 0. The van der Waals surface area contributed by atoms with Crippen molar-refractivity contribution in [3.05, 3.63) is 434 Å². The van der Waals surface area contributed by atoms with Crippen LogP contribution in [-0.4, -0.2) is 0 Å². The van der Waals surface area contributed by atoms with E-state index in [2.05, 4.69) is 434 Å². The molecule has 24 rings (SSSR count). The molecule has 18 aromatic carbocycles. The van der Waals surface area contributed by atoms with Gasteiger partial charge in [-0.25, -0.2) is 0 Å². The molecular formula is C117H87N3O2S. The van der Waals surface area contributed by atoms with Crippen molar-refractivity contribution < 1.29 is 8.83 Å². The van der Waals surface area contributed by atoms with E-state index < -0.39 is 0 Å². The van der Waals surface area contributed by atoms with Crippen molar-refractivity contribution in [1.29, 1.82) is 0 Å². The van der Waals surface area contributed by atoms with Gasteiger partial charge in [-0.2, -0.15) is 0 Å². The van der Waals surface area contributed by atoms with E-state index in [0.29, 0.717) is 0 Å². The van der Waals surface area contributed by atoms with Crippen LogP contribution in [0.25, 0.3) is 164 Å². The highest BCUT2D eigenvalue weighted by molar-refractivity contribution is 7.26. The van der Waals surface area contributed by atoms with Gasteiger partial charge in [-0.05, 0) is 219 Å². The summed E-state index contributed by atoms with van der Waals surface area (Å²) in [6.07, 6.45) is 0. The van der Waals surface area contributed by atoms with Crippen molar-refractivity contribution in [3.8, 4) is 100 Å². The number of para-hydroxylation sites is 2. The Morgan fingerprint density at radius 3 is 1.07 bits per heavy atom. The molecule has 123 heavy (non-hydrogen) atoms. The van der Waals surface area contributed by atoms with Crippen molar-refractivity contribution in [2.75, 3.05) is 16.0 Å². The Hall–Kier alpha value is -14.8. The molecule has 3 N–H and O–H groups in total. The lowest BCUT2D eigenvalue weighted by Crippen LogP contribution is -2.15. The third-order valence-electron chi connectivity index (χ3n) is 26.0. The topological polar surface area (TPSA) is 62.4 Å². The summed E-state index contributed by atoms with van der Waals surface area (Å²) >= 11 is 1.87. The number of rotatable bonds is 12. The summed E-state index contributed by atoms with van der Waals surface area (Å²) in [4.78, 5) is 0. The van der Waals surface area contributed by atoms with Crippen LogP contribution in [0.4, 0.5) is 34.1 Å². The quantitative estimate of drug-likeness (QED) is 0.114. The Bertz CT molecular complexity index is 7640. The van der Waals surface area contributed by atoms with Crippen LogP contribution < -0.4 is 16.0 Å². The lowest BCUT2D eigenvalue weighted by molar-refractivity contribution is 0.660. The standard InChI is InChI=1S/2C39H29NO.C39H29NS/c1-39(2)32-18-8-6-14-28(32)29-23-22-26(24-33(29)39)40-34-19-10-16-27(25-12-4-3-5-13-25)37(34)31-17-11-21-36-38(31)30-15-7-9-20-35(30)41-36;1-39(2)32-18-8-6-14-27(32)28-23-22-26(24-33(28)39)40-34-19-10-16-29(37(34)25-12-4-3-5-13-25)30-17-11-21-36-38(30)31-15-7-9-20-35(31)41-36;1-39(2)34-16-8-6-13-29(34)30-22-20-27(24-35(30)39)40-26-19-21-28(25-11-4-3-5-12-25)33(23-26)31-15-10-18-37-38(31)32-14-7-9-17-36(32)41-37/h3*3-24,40H,1-2H3. The van der Waals surface area contributed by atoms with Crippen molar-refractivity contribution in [2.45, 2.75) is 57.8 Å². The van der Waals surface area contributed by atoms with Crippen molar-refractivity contribution in [3.63, 3.8) is 0 Å². The molecule has 0 spiro atoms. The molecule has 21 aromatic rings. The van der Waals surface area contributed by atoms with E-state index in [1.54, 1.807) is 0 Å². The first-order valence-electron chi connectivity index (χ1n) is 42.6. The zero-order valence-corrected chi connectivity index (χ0v) is 70.1. The minimum Gasteiger partial charge on any atom is -0.456 e. The lowest BCUT2D eigenvalue weighted by atomic mass is 9.82. The summed E-state index contributed by atoms with van der Waals surface area (Å²) in [7, 11) is 0. The Kier molecular flexibility index (Phi) is 18.1. The minimum absolute atomic E-state index is 0.0262. The highest BCUT2D eigenvalue weighted by Crippen LogP contribution is 2.55. The minimum atomic E-state index is -0.0559. The highest BCUT2D eigenvalue weighted by atomic mass is 32.1. The molecule has 0 aliphatic heterocycles. The number of furan rings is 2. The summed E-state index contributed by atoms with van der Waals surface area (Å²) in [6, 6.07) is 144. The van der Waals surface area contributed by atoms with Crippen LogP contribution in [0.2, 0.25) is 0 Å². The van der Waals surface area contributed by atoms with Crippen molar-refractivity contribution >= 4 is 110 Å². The monoisotopic (exact) mass is 1600 g/mol. The molecular weight excluding hydrogens is 1510 g/mol. The highest BCUT2D eigenvalue weighted by Gasteiger charge is 2.39. The molecule has 3 aromatic heterocycles. The van der Waals surface area contributed by atoms with Crippen molar-refractivity contribution in [1.82, 2.24) is 0 Å². The molecule has 3 aliphatic rings. The number of thiophene rings is 1. The zero-order chi connectivity index (χ0) is 82.7. The van der Waals surface area contributed by atoms with Crippen LogP contribution in [-0.2, 0) is 16.2 Å². The SMILES string of the molecule is CC1(C)c2ccccc2-c2ccc(Nc3ccc(-c4ccccc4)c(-c4cccc5sc6ccccc6c45)c3)cc21.CC1(C)c2ccccc2-c2ccc(Nc3cccc(-c4cccc5oc6ccccc6c45)c3-c3ccccc3)cc21.CC1(C)c2ccccc2-c2ccc(Nc3cccc(-c4ccccc4)c3-c3cccc4oc5ccccc5c34)cc21. The Morgan fingerprint density at radius 1 is 0.203 bits per heavy atom. The average Bonchev–Trinajstić information content (AvgIpc) is 1.61. The summed E-state index contributed by atoms with van der Waals surface area (Å²) in [5.41, 5.74) is 40.6. The third-order valence-corrected chi connectivity index (χ3v) is 27.2. The Labute approximate surface area is 720 Å². The van der Waals surface area contributed by atoms with Gasteiger partial charge in [0.25, 0.3) is 0 Å². The Balaban J connectivity index is 0.000000110. The van der Waals surface area contributed by atoms with E-state index in [1.807, 2.05) is 35.6 Å². The number of anilines is 6. The third kappa shape index (κ3) is 12.7. The van der Waals surface area contributed by atoms with Gasteiger partial charge in [0.05, 0.1) is 0 Å². The van der Waals surface area contributed by atoms with Crippen LogP contribution in [0.5, 0.6) is 0 Å². The molecule has 0 unspecified atom stereocenters. The van der Waals surface area contributed by atoms with Crippen LogP contribution in [0, 0.1) is 0 Å². The fraction of sp³-hybridized carbons (Fsp3) is 0.0769. The van der Waals surface area contributed by atoms with E-state index in [9.17, 15) is 0 Å². The molecule has 0 saturated heterocycles. The molecule has 588 valence electrons. The number of benzene rings is 18. The number of nitrogens with one attached hydrogen (secondary N) is 3. The fourth-order valence-corrected chi connectivity index (χ4v) is 21.3.